The van der Waals surface area contributed by atoms with Gasteiger partial charge in [0.15, 0.2) is 0 Å². The molecule has 6 nitrogen and oxygen atoms in total. The highest BCUT2D eigenvalue weighted by Crippen LogP contribution is 2.44. The van der Waals surface area contributed by atoms with Crippen LogP contribution in [0.15, 0.2) is 65.6 Å². The zero-order chi connectivity index (χ0) is 23.5. The largest absolute Gasteiger partial charge is 0.507 e. The summed E-state index contributed by atoms with van der Waals surface area (Å²) < 4.78 is 11.2. The first-order chi connectivity index (χ1) is 16.0. The van der Waals surface area contributed by atoms with Crippen molar-refractivity contribution in [1.29, 1.82) is 0 Å². The molecule has 1 atom stereocenters. The van der Waals surface area contributed by atoms with Crippen molar-refractivity contribution in [2.24, 2.45) is 0 Å². The molecule has 1 aliphatic rings. The molecule has 1 unspecified atom stereocenters. The SMILES string of the molecule is CCOc1cccc(N2C(=O)C(=O)/C(=C(\O)c3ccc(OCC)c(C)c3)C2c2cccs2)c1. The molecule has 4 rings (SSSR count). The van der Waals surface area contributed by atoms with Crippen molar-refractivity contribution in [3.8, 4) is 11.5 Å². The van der Waals surface area contributed by atoms with Gasteiger partial charge in [-0.05, 0) is 68.1 Å². The summed E-state index contributed by atoms with van der Waals surface area (Å²) in [4.78, 5) is 28.6. The van der Waals surface area contributed by atoms with Crippen LogP contribution in [-0.2, 0) is 9.59 Å². The summed E-state index contributed by atoms with van der Waals surface area (Å²) in [5.41, 5.74) is 1.88. The van der Waals surface area contributed by atoms with Crippen molar-refractivity contribution in [3.63, 3.8) is 0 Å². The topological polar surface area (TPSA) is 76.1 Å². The predicted molar refractivity (Wildman–Crippen MR) is 129 cm³/mol. The van der Waals surface area contributed by atoms with Crippen LogP contribution in [0.1, 0.15) is 35.9 Å². The first-order valence-electron chi connectivity index (χ1n) is 10.8. The van der Waals surface area contributed by atoms with Crippen molar-refractivity contribution in [3.05, 3.63) is 81.6 Å². The number of hydrogen-bond donors (Lipinski definition) is 1. The highest BCUT2D eigenvalue weighted by atomic mass is 32.1. The summed E-state index contributed by atoms with van der Waals surface area (Å²) in [5.74, 6) is -0.312. The lowest BCUT2D eigenvalue weighted by Gasteiger charge is -2.24. The van der Waals surface area contributed by atoms with Gasteiger partial charge in [0.05, 0.1) is 18.8 Å². The molecule has 0 bridgehead atoms. The van der Waals surface area contributed by atoms with Gasteiger partial charge in [0.1, 0.15) is 23.3 Å². The fourth-order valence-corrected chi connectivity index (χ4v) is 4.80. The number of Topliss-reactive ketones (excluding diaryl/α,β-unsaturated/α-hetero) is 1. The maximum absolute atomic E-state index is 13.2. The summed E-state index contributed by atoms with van der Waals surface area (Å²) in [6.45, 7) is 6.65. The Morgan fingerprint density at radius 1 is 1.03 bits per heavy atom. The molecule has 7 heteroatoms. The molecule has 1 amide bonds. The normalized spacial score (nSPS) is 17.4. The molecule has 0 radical (unpaired) electrons. The van der Waals surface area contributed by atoms with E-state index in [0.717, 1.165) is 10.4 Å². The number of ether oxygens (including phenoxy) is 2. The molecule has 0 saturated carbocycles. The maximum atomic E-state index is 13.2. The third-order valence-electron chi connectivity index (χ3n) is 5.41. The van der Waals surface area contributed by atoms with E-state index in [1.165, 1.54) is 16.2 Å². The van der Waals surface area contributed by atoms with Gasteiger partial charge in [-0.25, -0.2) is 0 Å². The first kappa shape index (κ1) is 22.6. The molecular weight excluding hydrogens is 438 g/mol. The third kappa shape index (κ3) is 4.24. The van der Waals surface area contributed by atoms with Crippen LogP contribution in [0.4, 0.5) is 5.69 Å². The van der Waals surface area contributed by atoms with E-state index in [1.807, 2.05) is 38.3 Å². The number of thiophene rings is 1. The molecule has 1 fully saturated rings. The quantitative estimate of drug-likeness (QED) is 0.285. The summed E-state index contributed by atoms with van der Waals surface area (Å²) >= 11 is 1.42. The zero-order valence-corrected chi connectivity index (χ0v) is 19.5. The second-order valence-corrected chi connectivity index (χ2v) is 8.51. The Hall–Kier alpha value is -3.58. The molecule has 3 aromatic rings. The molecule has 33 heavy (non-hydrogen) atoms. The van der Waals surface area contributed by atoms with Gasteiger partial charge in [0, 0.05) is 22.2 Å². The van der Waals surface area contributed by atoms with Crippen LogP contribution in [-0.4, -0.2) is 30.0 Å². The molecule has 2 aromatic carbocycles. The molecule has 0 aliphatic carbocycles. The van der Waals surface area contributed by atoms with Crippen molar-refractivity contribution in [1.82, 2.24) is 0 Å². The summed E-state index contributed by atoms with van der Waals surface area (Å²) in [6.07, 6.45) is 0. The lowest BCUT2D eigenvalue weighted by Crippen LogP contribution is -2.29. The highest BCUT2D eigenvalue weighted by Gasteiger charge is 2.47. The minimum atomic E-state index is -0.742. The van der Waals surface area contributed by atoms with Crippen molar-refractivity contribution in [2.75, 3.05) is 18.1 Å². The molecule has 0 spiro atoms. The monoisotopic (exact) mass is 463 g/mol. The lowest BCUT2D eigenvalue weighted by atomic mass is 9.98. The van der Waals surface area contributed by atoms with Crippen LogP contribution in [0.5, 0.6) is 11.5 Å². The van der Waals surface area contributed by atoms with Gasteiger partial charge < -0.3 is 14.6 Å². The zero-order valence-electron chi connectivity index (χ0n) is 18.7. The van der Waals surface area contributed by atoms with E-state index in [0.29, 0.717) is 36.0 Å². The van der Waals surface area contributed by atoms with Crippen LogP contribution in [0, 0.1) is 6.92 Å². The van der Waals surface area contributed by atoms with Gasteiger partial charge in [-0.3, -0.25) is 14.5 Å². The van der Waals surface area contributed by atoms with Gasteiger partial charge in [0.2, 0.25) is 0 Å². The predicted octanol–water partition coefficient (Wildman–Crippen LogP) is 5.48. The number of aliphatic hydroxyl groups is 1. The number of rotatable bonds is 7. The number of carbonyl (C=O) groups is 2. The number of ketones is 1. The summed E-state index contributed by atoms with van der Waals surface area (Å²) in [6, 6.07) is 15.3. The fraction of sp³-hybridized carbons (Fsp3) is 0.231. The van der Waals surface area contributed by atoms with Crippen LogP contribution >= 0.6 is 11.3 Å². The smallest absolute Gasteiger partial charge is 0.300 e. The van der Waals surface area contributed by atoms with Crippen LogP contribution in [0.3, 0.4) is 0 Å². The summed E-state index contributed by atoms with van der Waals surface area (Å²) in [5, 5.41) is 13.1. The first-order valence-corrected chi connectivity index (χ1v) is 11.6. The van der Waals surface area contributed by atoms with E-state index in [4.69, 9.17) is 9.47 Å². The van der Waals surface area contributed by atoms with Gasteiger partial charge in [-0.2, -0.15) is 0 Å². The highest BCUT2D eigenvalue weighted by molar-refractivity contribution is 7.10. The van der Waals surface area contributed by atoms with Gasteiger partial charge in [-0.1, -0.05) is 12.1 Å². The lowest BCUT2D eigenvalue weighted by molar-refractivity contribution is -0.132. The van der Waals surface area contributed by atoms with Crippen LogP contribution < -0.4 is 14.4 Å². The van der Waals surface area contributed by atoms with E-state index in [-0.39, 0.29) is 11.3 Å². The molecule has 1 saturated heterocycles. The standard InChI is InChI=1S/C26H25NO5S/c1-4-31-19-9-6-8-18(15-19)27-23(21-10-7-13-33-21)22(25(29)26(27)30)24(28)17-11-12-20(32-5-2)16(3)14-17/h6-15,23,28H,4-5H2,1-3H3/b24-22-. The fourth-order valence-electron chi connectivity index (χ4n) is 3.97. The Bertz CT molecular complexity index is 1220. The Balaban J connectivity index is 1.86. The average molecular weight is 464 g/mol. The van der Waals surface area contributed by atoms with E-state index >= 15 is 0 Å². The second-order valence-electron chi connectivity index (χ2n) is 7.53. The molecule has 1 aromatic heterocycles. The number of anilines is 1. The Morgan fingerprint density at radius 2 is 1.82 bits per heavy atom. The number of benzene rings is 2. The number of amides is 1. The average Bonchev–Trinajstić information content (AvgIpc) is 3.42. The van der Waals surface area contributed by atoms with E-state index < -0.39 is 17.7 Å². The minimum Gasteiger partial charge on any atom is -0.507 e. The van der Waals surface area contributed by atoms with E-state index in [1.54, 1.807) is 42.5 Å². The number of hydrogen-bond acceptors (Lipinski definition) is 6. The number of aliphatic hydroxyl groups excluding tert-OH is 1. The molecule has 170 valence electrons. The molecular formula is C26H25NO5S. The third-order valence-corrected chi connectivity index (χ3v) is 6.34. The number of aryl methyl sites for hydroxylation is 1. The van der Waals surface area contributed by atoms with Crippen LogP contribution in [0.2, 0.25) is 0 Å². The Labute approximate surface area is 196 Å². The maximum Gasteiger partial charge on any atom is 0.300 e. The van der Waals surface area contributed by atoms with Crippen molar-refractivity contribution < 1.29 is 24.2 Å². The molecule has 1 N–H and O–H groups in total. The van der Waals surface area contributed by atoms with Crippen molar-refractivity contribution >= 4 is 34.5 Å². The van der Waals surface area contributed by atoms with E-state index in [9.17, 15) is 14.7 Å². The van der Waals surface area contributed by atoms with Crippen molar-refractivity contribution in [2.45, 2.75) is 26.8 Å². The number of nitrogens with zero attached hydrogens (tertiary/aromatic N) is 1. The number of carbonyl (C=O) groups excluding carboxylic acids is 2. The Kier molecular flexibility index (Phi) is 6.51. The van der Waals surface area contributed by atoms with Gasteiger partial charge >= 0.3 is 0 Å². The van der Waals surface area contributed by atoms with Gasteiger partial charge in [0.25, 0.3) is 11.7 Å². The molecule has 1 aliphatic heterocycles. The van der Waals surface area contributed by atoms with Crippen LogP contribution in [0.25, 0.3) is 5.76 Å². The van der Waals surface area contributed by atoms with Gasteiger partial charge in [-0.15, -0.1) is 11.3 Å². The minimum absolute atomic E-state index is 0.0628. The Morgan fingerprint density at radius 3 is 2.48 bits per heavy atom. The molecule has 2 heterocycles. The summed E-state index contributed by atoms with van der Waals surface area (Å²) in [7, 11) is 0. The second kappa shape index (κ2) is 9.50. The van der Waals surface area contributed by atoms with E-state index in [2.05, 4.69) is 0 Å².